The van der Waals surface area contributed by atoms with Crippen molar-refractivity contribution in [3.05, 3.63) is 35.9 Å². The molecule has 17 heavy (non-hydrogen) atoms. The first kappa shape index (κ1) is 11.4. The number of hydrogen-bond acceptors (Lipinski definition) is 4. The van der Waals surface area contributed by atoms with E-state index in [2.05, 4.69) is 5.32 Å². The van der Waals surface area contributed by atoms with Crippen molar-refractivity contribution < 1.29 is 19.1 Å². The van der Waals surface area contributed by atoms with Gasteiger partial charge < -0.3 is 14.8 Å². The van der Waals surface area contributed by atoms with Crippen LogP contribution < -0.4 is 5.32 Å². The molecule has 2 atom stereocenters. The van der Waals surface area contributed by atoms with Gasteiger partial charge in [-0.25, -0.2) is 9.59 Å². The molecule has 0 saturated carbocycles. The molecular weight excluding hydrogens is 222 g/mol. The van der Waals surface area contributed by atoms with E-state index in [1.807, 2.05) is 30.3 Å². The van der Waals surface area contributed by atoms with Crippen LogP contribution >= 0.6 is 0 Å². The van der Waals surface area contributed by atoms with Crippen LogP contribution in [0, 0.1) is 0 Å². The van der Waals surface area contributed by atoms with Crippen LogP contribution in [0.1, 0.15) is 18.5 Å². The molecule has 1 fully saturated rings. The minimum absolute atomic E-state index is 0.258. The van der Waals surface area contributed by atoms with E-state index in [0.29, 0.717) is 0 Å². The van der Waals surface area contributed by atoms with Crippen LogP contribution in [0.25, 0.3) is 0 Å². The van der Waals surface area contributed by atoms with Gasteiger partial charge in [0.05, 0.1) is 6.61 Å². The number of hydrogen-bond donors (Lipinski definition) is 1. The van der Waals surface area contributed by atoms with E-state index in [1.54, 1.807) is 6.92 Å². The van der Waals surface area contributed by atoms with Crippen LogP contribution in [0.5, 0.6) is 0 Å². The fourth-order valence-electron chi connectivity index (χ4n) is 1.75. The van der Waals surface area contributed by atoms with Crippen LogP contribution in [0.3, 0.4) is 0 Å². The fourth-order valence-corrected chi connectivity index (χ4v) is 1.75. The second kappa shape index (κ2) is 4.86. The van der Waals surface area contributed by atoms with Gasteiger partial charge in [-0.05, 0) is 12.5 Å². The predicted molar refractivity (Wildman–Crippen MR) is 59.2 cm³/mol. The van der Waals surface area contributed by atoms with Gasteiger partial charge in [0.15, 0.2) is 0 Å². The average molecular weight is 235 g/mol. The highest BCUT2D eigenvalue weighted by atomic mass is 16.6. The third-order valence-corrected chi connectivity index (χ3v) is 2.49. The summed E-state index contributed by atoms with van der Waals surface area (Å²) in [6, 6.07) is 8.70. The number of benzene rings is 1. The second-order valence-corrected chi connectivity index (χ2v) is 3.61. The molecule has 1 aromatic carbocycles. The van der Waals surface area contributed by atoms with Gasteiger partial charge >= 0.3 is 12.1 Å². The normalized spacial score (nSPS) is 22.8. The van der Waals surface area contributed by atoms with Crippen molar-refractivity contribution >= 4 is 12.1 Å². The van der Waals surface area contributed by atoms with Gasteiger partial charge in [0.2, 0.25) is 6.10 Å². The zero-order valence-corrected chi connectivity index (χ0v) is 9.38. The minimum atomic E-state index is -0.912. The number of ether oxygens (including phenoxy) is 2. The van der Waals surface area contributed by atoms with E-state index < -0.39 is 24.2 Å². The third-order valence-electron chi connectivity index (χ3n) is 2.49. The van der Waals surface area contributed by atoms with Gasteiger partial charge in [-0.2, -0.15) is 0 Å². The Bertz CT molecular complexity index is 418. The number of esters is 1. The molecule has 0 unspecified atom stereocenters. The third kappa shape index (κ3) is 2.38. The molecule has 1 saturated heterocycles. The molecule has 1 N–H and O–H groups in total. The van der Waals surface area contributed by atoms with Crippen molar-refractivity contribution in [3.63, 3.8) is 0 Å². The monoisotopic (exact) mass is 235 g/mol. The summed E-state index contributed by atoms with van der Waals surface area (Å²) in [7, 11) is 0. The Morgan fingerprint density at radius 3 is 2.76 bits per heavy atom. The van der Waals surface area contributed by atoms with Gasteiger partial charge in [-0.1, -0.05) is 30.3 Å². The number of amides is 1. The highest BCUT2D eigenvalue weighted by Crippen LogP contribution is 2.25. The number of alkyl carbamates (subject to hydrolysis) is 1. The SMILES string of the molecule is CCOC(=O)[C@@H]1OC(=O)N[C@@H]1c1ccccc1. The van der Waals surface area contributed by atoms with E-state index in [4.69, 9.17) is 9.47 Å². The average Bonchev–Trinajstić information content (AvgIpc) is 2.73. The first-order chi connectivity index (χ1) is 8.22. The number of carbonyl (C=O) groups is 2. The summed E-state index contributed by atoms with van der Waals surface area (Å²) >= 11 is 0. The first-order valence-corrected chi connectivity index (χ1v) is 5.41. The summed E-state index contributed by atoms with van der Waals surface area (Å²) in [5.41, 5.74) is 0.816. The van der Waals surface area contributed by atoms with Crippen molar-refractivity contribution in [1.29, 1.82) is 0 Å². The number of nitrogens with one attached hydrogen (secondary N) is 1. The molecule has 0 bridgehead atoms. The first-order valence-electron chi connectivity index (χ1n) is 5.41. The zero-order chi connectivity index (χ0) is 12.3. The summed E-state index contributed by atoms with van der Waals surface area (Å²) in [5.74, 6) is -0.528. The Kier molecular flexibility index (Phi) is 3.27. The molecule has 5 nitrogen and oxygen atoms in total. The van der Waals surface area contributed by atoms with Crippen molar-refractivity contribution in [2.45, 2.75) is 19.1 Å². The lowest BCUT2D eigenvalue weighted by Gasteiger charge is -2.15. The van der Waals surface area contributed by atoms with Crippen molar-refractivity contribution in [1.82, 2.24) is 5.32 Å². The molecule has 1 heterocycles. The van der Waals surface area contributed by atoms with Crippen LogP contribution in [0.2, 0.25) is 0 Å². The van der Waals surface area contributed by atoms with Crippen LogP contribution in [-0.2, 0) is 14.3 Å². The maximum atomic E-state index is 11.6. The molecule has 0 spiro atoms. The van der Waals surface area contributed by atoms with E-state index in [-0.39, 0.29) is 6.61 Å². The van der Waals surface area contributed by atoms with E-state index in [9.17, 15) is 9.59 Å². The molecule has 0 aliphatic carbocycles. The largest absolute Gasteiger partial charge is 0.463 e. The summed E-state index contributed by atoms with van der Waals surface area (Å²) in [6.07, 6.45) is -1.51. The number of carbonyl (C=O) groups excluding carboxylic acids is 2. The number of cyclic esters (lactones) is 1. The summed E-state index contributed by atoms with van der Waals surface area (Å²) in [6.45, 7) is 1.97. The van der Waals surface area contributed by atoms with Crippen LogP contribution in [0.15, 0.2) is 30.3 Å². The lowest BCUT2D eigenvalue weighted by molar-refractivity contribution is -0.152. The maximum Gasteiger partial charge on any atom is 0.408 e. The van der Waals surface area contributed by atoms with Crippen molar-refractivity contribution in [3.8, 4) is 0 Å². The maximum absolute atomic E-state index is 11.6. The lowest BCUT2D eigenvalue weighted by Crippen LogP contribution is -2.30. The Hall–Kier alpha value is -2.04. The van der Waals surface area contributed by atoms with Gasteiger partial charge in [-0.3, -0.25) is 0 Å². The Balaban J connectivity index is 2.20. The second-order valence-electron chi connectivity index (χ2n) is 3.61. The minimum Gasteiger partial charge on any atom is -0.463 e. The topological polar surface area (TPSA) is 64.6 Å². The molecule has 2 rings (SSSR count). The van der Waals surface area contributed by atoms with E-state index in [1.165, 1.54) is 0 Å². The van der Waals surface area contributed by atoms with E-state index >= 15 is 0 Å². The molecular formula is C12H13NO4. The quantitative estimate of drug-likeness (QED) is 0.804. The molecule has 1 aliphatic rings. The predicted octanol–water partition coefficient (Wildman–Crippen LogP) is 1.40. The van der Waals surface area contributed by atoms with E-state index in [0.717, 1.165) is 5.56 Å². The summed E-state index contributed by atoms with van der Waals surface area (Å²) < 4.78 is 9.79. The Morgan fingerprint density at radius 1 is 1.41 bits per heavy atom. The van der Waals surface area contributed by atoms with Crippen molar-refractivity contribution in [2.24, 2.45) is 0 Å². The number of rotatable bonds is 3. The van der Waals surface area contributed by atoms with Crippen molar-refractivity contribution in [2.75, 3.05) is 6.61 Å². The molecule has 5 heteroatoms. The molecule has 0 radical (unpaired) electrons. The van der Waals surface area contributed by atoms with Gasteiger partial charge in [0.25, 0.3) is 0 Å². The molecule has 90 valence electrons. The zero-order valence-electron chi connectivity index (χ0n) is 9.38. The van der Waals surface area contributed by atoms with Gasteiger partial charge in [0.1, 0.15) is 6.04 Å². The highest BCUT2D eigenvalue weighted by Gasteiger charge is 2.41. The smallest absolute Gasteiger partial charge is 0.408 e. The summed E-state index contributed by atoms with van der Waals surface area (Å²) in [4.78, 5) is 22.8. The van der Waals surface area contributed by atoms with Crippen LogP contribution in [-0.4, -0.2) is 24.8 Å². The van der Waals surface area contributed by atoms with Gasteiger partial charge in [-0.15, -0.1) is 0 Å². The lowest BCUT2D eigenvalue weighted by atomic mass is 10.0. The molecule has 1 aliphatic heterocycles. The molecule has 0 aromatic heterocycles. The standard InChI is InChI=1S/C12H13NO4/c1-2-16-11(14)10-9(13-12(15)17-10)8-6-4-3-5-7-8/h3-7,9-10H,2H2,1H3,(H,13,15)/t9-,10-/m1/s1. The molecule has 1 amide bonds. The molecule has 1 aromatic rings. The Morgan fingerprint density at radius 2 is 2.12 bits per heavy atom. The highest BCUT2D eigenvalue weighted by molar-refractivity contribution is 5.83. The van der Waals surface area contributed by atoms with Crippen LogP contribution in [0.4, 0.5) is 4.79 Å². The summed E-state index contributed by atoms with van der Waals surface area (Å²) in [5, 5.41) is 2.60. The fraction of sp³-hybridized carbons (Fsp3) is 0.333. The van der Waals surface area contributed by atoms with Gasteiger partial charge in [0, 0.05) is 0 Å². The Labute approximate surface area is 98.7 Å².